The number of carbonyl (C=O) groups is 2. The van der Waals surface area contributed by atoms with E-state index in [1.54, 1.807) is 33.0 Å². The Labute approximate surface area is 260 Å². The molecule has 0 fully saturated rings. The molecule has 0 saturated heterocycles. The summed E-state index contributed by atoms with van der Waals surface area (Å²) in [6, 6.07) is 22.9. The molecule has 0 aliphatic carbocycles. The number of hydrazone groups is 1. The van der Waals surface area contributed by atoms with E-state index in [9.17, 15) is 18.4 Å². The quantitative estimate of drug-likeness (QED) is 0.193. The Kier molecular flexibility index (Phi) is 8.62. The van der Waals surface area contributed by atoms with Crippen molar-refractivity contribution in [2.75, 3.05) is 5.75 Å². The van der Waals surface area contributed by atoms with Crippen LogP contribution in [-0.4, -0.2) is 43.1 Å². The van der Waals surface area contributed by atoms with Crippen LogP contribution >= 0.6 is 23.1 Å². The number of thioether (sulfide) groups is 1. The lowest BCUT2D eigenvalue weighted by Crippen LogP contribution is -2.28. The zero-order valence-corrected chi connectivity index (χ0v) is 25.1. The predicted molar refractivity (Wildman–Crippen MR) is 166 cm³/mol. The minimum absolute atomic E-state index is 0.0125. The molecule has 2 amide bonds. The number of carbonyl (C=O) groups excluding carboxylic acids is 2. The summed E-state index contributed by atoms with van der Waals surface area (Å²) in [5.74, 6) is -1.26. The van der Waals surface area contributed by atoms with Crippen LogP contribution in [0, 0.1) is 18.6 Å². The van der Waals surface area contributed by atoms with Gasteiger partial charge in [-0.25, -0.2) is 13.8 Å². The molecule has 12 heteroatoms. The molecule has 5 aromatic rings. The van der Waals surface area contributed by atoms with Gasteiger partial charge in [-0.15, -0.1) is 21.5 Å². The molecular weight excluding hydrogens is 603 g/mol. The molecule has 0 spiro atoms. The lowest BCUT2D eigenvalue weighted by atomic mass is 10.00. The van der Waals surface area contributed by atoms with E-state index >= 15 is 0 Å². The average molecular weight is 629 g/mol. The van der Waals surface area contributed by atoms with Gasteiger partial charge < -0.3 is 5.32 Å². The number of aromatic nitrogens is 3. The van der Waals surface area contributed by atoms with Gasteiger partial charge in [0.1, 0.15) is 11.6 Å². The molecule has 1 N–H and O–H groups in total. The van der Waals surface area contributed by atoms with E-state index in [-0.39, 0.29) is 29.8 Å². The van der Waals surface area contributed by atoms with Crippen molar-refractivity contribution < 1.29 is 18.4 Å². The molecule has 1 atom stereocenters. The van der Waals surface area contributed by atoms with Crippen molar-refractivity contribution in [3.8, 4) is 5.69 Å². The van der Waals surface area contributed by atoms with Crippen LogP contribution in [0.1, 0.15) is 44.6 Å². The third-order valence-corrected chi connectivity index (χ3v) is 8.87. The topological polar surface area (TPSA) is 92.5 Å². The van der Waals surface area contributed by atoms with E-state index in [1.807, 2.05) is 48.7 Å². The normalized spacial score (nSPS) is 14.5. The number of hydrogen-bond acceptors (Lipinski definition) is 7. The van der Waals surface area contributed by atoms with Crippen LogP contribution in [0.3, 0.4) is 0 Å². The maximum absolute atomic E-state index is 13.8. The largest absolute Gasteiger partial charge is 0.345 e. The van der Waals surface area contributed by atoms with Crippen LogP contribution in [-0.2, 0) is 11.3 Å². The van der Waals surface area contributed by atoms with E-state index in [0.717, 1.165) is 27.8 Å². The van der Waals surface area contributed by atoms with Gasteiger partial charge in [-0.3, -0.25) is 14.2 Å². The average Bonchev–Trinajstić information content (AvgIpc) is 3.80. The van der Waals surface area contributed by atoms with Crippen LogP contribution in [0.2, 0.25) is 0 Å². The number of amides is 2. The zero-order chi connectivity index (χ0) is 30.6. The first kappa shape index (κ1) is 29.4. The number of benzene rings is 3. The van der Waals surface area contributed by atoms with Gasteiger partial charge in [-0.1, -0.05) is 53.7 Å². The van der Waals surface area contributed by atoms with Crippen LogP contribution < -0.4 is 5.32 Å². The van der Waals surface area contributed by atoms with Crippen molar-refractivity contribution >= 4 is 40.6 Å². The van der Waals surface area contributed by atoms with Gasteiger partial charge in [0.2, 0.25) is 0 Å². The number of aryl methyl sites for hydroxylation is 1. The number of thiophene rings is 1. The van der Waals surface area contributed by atoms with Gasteiger partial charge >= 0.3 is 0 Å². The van der Waals surface area contributed by atoms with Crippen molar-refractivity contribution in [3.63, 3.8) is 0 Å². The standard InChI is InChI=1S/C32H26F2N6O2S2/c1-20-7-9-21(10-8-20)27-17-26(28-6-3-15-43-28)38-40(27)30(41)19-44-32-37-36-29(39(32)25-13-11-23(33)12-14-25)18-35-31(42)22-4-2-5-24(34)16-22/h2-16,27H,17-19H2,1H3,(H,35,42). The molecule has 0 saturated carbocycles. The molecule has 6 rings (SSSR count). The van der Waals surface area contributed by atoms with Crippen LogP contribution in [0.25, 0.3) is 5.69 Å². The molecular formula is C32H26F2N6O2S2. The van der Waals surface area contributed by atoms with Gasteiger partial charge in [0, 0.05) is 17.7 Å². The van der Waals surface area contributed by atoms with Gasteiger partial charge in [0.25, 0.3) is 11.8 Å². The number of hydrogen-bond donors (Lipinski definition) is 1. The molecule has 1 unspecified atom stereocenters. The first-order chi connectivity index (χ1) is 21.4. The molecule has 222 valence electrons. The smallest absolute Gasteiger partial charge is 0.253 e. The lowest BCUT2D eigenvalue weighted by molar-refractivity contribution is -0.130. The molecule has 2 aromatic heterocycles. The Morgan fingerprint density at radius 3 is 2.50 bits per heavy atom. The lowest BCUT2D eigenvalue weighted by Gasteiger charge is -2.22. The van der Waals surface area contributed by atoms with Gasteiger partial charge in [-0.05, 0) is 66.4 Å². The highest BCUT2D eigenvalue weighted by atomic mass is 32.2. The fourth-order valence-corrected chi connectivity index (χ4v) is 6.37. The second-order valence-electron chi connectivity index (χ2n) is 10.1. The van der Waals surface area contributed by atoms with Gasteiger partial charge in [-0.2, -0.15) is 5.10 Å². The maximum Gasteiger partial charge on any atom is 0.253 e. The molecule has 8 nitrogen and oxygen atoms in total. The van der Waals surface area contributed by atoms with E-state index < -0.39 is 17.5 Å². The summed E-state index contributed by atoms with van der Waals surface area (Å²) in [5.41, 5.74) is 3.69. The molecule has 0 bridgehead atoms. The summed E-state index contributed by atoms with van der Waals surface area (Å²) >= 11 is 2.75. The van der Waals surface area contributed by atoms with Gasteiger partial charge in [0.05, 0.1) is 28.9 Å². The number of halogens is 2. The van der Waals surface area contributed by atoms with Crippen molar-refractivity contribution in [1.82, 2.24) is 25.1 Å². The number of rotatable bonds is 9. The Morgan fingerprint density at radius 1 is 0.977 bits per heavy atom. The molecule has 3 heterocycles. The van der Waals surface area contributed by atoms with Crippen molar-refractivity contribution in [1.29, 1.82) is 0 Å². The molecule has 1 aliphatic rings. The van der Waals surface area contributed by atoms with E-state index in [1.165, 1.54) is 42.1 Å². The fraction of sp³-hybridized carbons (Fsp3) is 0.156. The first-order valence-electron chi connectivity index (χ1n) is 13.7. The highest BCUT2D eigenvalue weighted by molar-refractivity contribution is 7.99. The SMILES string of the molecule is Cc1ccc(C2CC(c3cccs3)=NN2C(=O)CSc2nnc(CNC(=O)c3cccc(F)c3)n2-c2ccc(F)cc2)cc1. The van der Waals surface area contributed by atoms with Crippen molar-refractivity contribution in [2.45, 2.75) is 31.1 Å². The Morgan fingerprint density at radius 2 is 1.77 bits per heavy atom. The minimum Gasteiger partial charge on any atom is -0.345 e. The van der Waals surface area contributed by atoms with E-state index in [2.05, 4.69) is 15.5 Å². The fourth-order valence-electron chi connectivity index (χ4n) is 4.82. The predicted octanol–water partition coefficient (Wildman–Crippen LogP) is 6.32. The summed E-state index contributed by atoms with van der Waals surface area (Å²) in [4.78, 5) is 27.4. The molecule has 1 aliphatic heterocycles. The van der Waals surface area contributed by atoms with Crippen LogP contribution in [0.15, 0.2) is 101 Å². The van der Waals surface area contributed by atoms with Crippen molar-refractivity contribution in [3.05, 3.63) is 129 Å². The summed E-state index contributed by atoms with van der Waals surface area (Å²) in [7, 11) is 0. The van der Waals surface area contributed by atoms with Crippen LogP contribution in [0.5, 0.6) is 0 Å². The highest BCUT2D eigenvalue weighted by Crippen LogP contribution is 2.35. The Bertz CT molecular complexity index is 1820. The second kappa shape index (κ2) is 12.9. The summed E-state index contributed by atoms with van der Waals surface area (Å²) in [6.45, 7) is 1.98. The number of nitrogens with zero attached hydrogens (tertiary/aromatic N) is 5. The number of nitrogens with one attached hydrogen (secondary N) is 1. The summed E-state index contributed by atoms with van der Waals surface area (Å²) < 4.78 is 29.1. The second-order valence-corrected chi connectivity index (χ2v) is 12.0. The van der Waals surface area contributed by atoms with Crippen molar-refractivity contribution in [2.24, 2.45) is 5.10 Å². The van der Waals surface area contributed by atoms with Crippen LogP contribution in [0.4, 0.5) is 8.78 Å². The molecule has 44 heavy (non-hydrogen) atoms. The first-order valence-corrected chi connectivity index (χ1v) is 15.6. The minimum atomic E-state index is -0.523. The van der Waals surface area contributed by atoms with E-state index in [0.29, 0.717) is 23.1 Å². The maximum atomic E-state index is 13.8. The molecule has 3 aromatic carbocycles. The summed E-state index contributed by atoms with van der Waals surface area (Å²) in [5, 5.41) is 19.9. The Hall–Kier alpha value is -4.68. The summed E-state index contributed by atoms with van der Waals surface area (Å²) in [6.07, 6.45) is 0.598. The van der Waals surface area contributed by atoms with Gasteiger partial charge in [0.15, 0.2) is 11.0 Å². The monoisotopic (exact) mass is 628 g/mol. The molecule has 0 radical (unpaired) electrons. The Balaban J connectivity index is 1.23. The third-order valence-electron chi connectivity index (χ3n) is 7.04. The zero-order valence-electron chi connectivity index (χ0n) is 23.5. The third kappa shape index (κ3) is 6.46. The highest BCUT2D eigenvalue weighted by Gasteiger charge is 2.33. The van der Waals surface area contributed by atoms with E-state index in [4.69, 9.17) is 5.10 Å².